The van der Waals surface area contributed by atoms with Gasteiger partial charge in [0.05, 0.1) is 46.2 Å². The van der Waals surface area contributed by atoms with Crippen LogP contribution < -0.4 is 4.74 Å². The molecule has 0 aliphatic heterocycles. The van der Waals surface area contributed by atoms with E-state index < -0.39 is 0 Å². The molecule has 1 rings (SSSR count). The lowest BCUT2D eigenvalue weighted by atomic mass is 10.2. The summed E-state index contributed by atoms with van der Waals surface area (Å²) in [4.78, 5) is 0. The van der Waals surface area contributed by atoms with Gasteiger partial charge in [0.2, 0.25) is 0 Å². The molecular formula is C16H24O5. The topological polar surface area (TPSA) is 57.2 Å². The van der Waals surface area contributed by atoms with Gasteiger partial charge in [0.15, 0.2) is 0 Å². The van der Waals surface area contributed by atoms with Gasteiger partial charge in [0.1, 0.15) is 12.4 Å². The highest BCUT2D eigenvalue weighted by atomic mass is 16.6. The van der Waals surface area contributed by atoms with Crippen LogP contribution in [0.1, 0.15) is 5.56 Å². The summed E-state index contributed by atoms with van der Waals surface area (Å²) in [6.45, 7) is 7.17. The lowest BCUT2D eigenvalue weighted by Gasteiger charge is -2.08. The second-order valence-electron chi connectivity index (χ2n) is 4.18. The molecule has 0 atom stereocenters. The Hall–Kier alpha value is -1.40. The van der Waals surface area contributed by atoms with Crippen LogP contribution in [-0.4, -0.2) is 58.0 Å². The maximum Gasteiger partial charge on any atom is 0.119 e. The summed E-state index contributed by atoms with van der Waals surface area (Å²) in [5.74, 6) is 0.821. The van der Waals surface area contributed by atoms with Gasteiger partial charge in [-0.15, -0.1) is 0 Å². The molecule has 5 nitrogen and oxygen atoms in total. The molecule has 5 heteroatoms. The summed E-state index contributed by atoms with van der Waals surface area (Å²) >= 11 is 0. The molecule has 0 fully saturated rings. The van der Waals surface area contributed by atoms with E-state index in [4.69, 9.17) is 24.1 Å². The molecule has 0 aliphatic rings. The lowest BCUT2D eigenvalue weighted by molar-refractivity contribution is 0.00361. The Kier molecular flexibility index (Phi) is 10.4. The monoisotopic (exact) mass is 296 g/mol. The van der Waals surface area contributed by atoms with Gasteiger partial charge in [0.25, 0.3) is 0 Å². The van der Waals surface area contributed by atoms with E-state index in [1.807, 2.05) is 24.3 Å². The minimum atomic E-state index is 0.0411. The molecule has 0 bridgehead atoms. The average molecular weight is 296 g/mol. The quantitative estimate of drug-likeness (QED) is 0.562. The van der Waals surface area contributed by atoms with Crippen molar-refractivity contribution in [3.8, 4) is 5.75 Å². The van der Waals surface area contributed by atoms with E-state index in [2.05, 4.69) is 6.58 Å². The molecule has 118 valence electrons. The fourth-order valence-corrected chi connectivity index (χ4v) is 1.53. The molecule has 0 saturated heterocycles. The molecule has 0 spiro atoms. The Balaban J connectivity index is 1.89. The van der Waals surface area contributed by atoms with Gasteiger partial charge >= 0.3 is 0 Å². The standard InChI is InChI=1S/C16H24O5/c1-2-15-3-5-16(6-4-15)21-14-13-20-12-11-19-10-9-18-8-7-17/h2-6,17H,1,7-14H2. The van der Waals surface area contributed by atoms with E-state index in [9.17, 15) is 0 Å². The van der Waals surface area contributed by atoms with E-state index >= 15 is 0 Å². The van der Waals surface area contributed by atoms with Crippen LogP contribution in [0.3, 0.4) is 0 Å². The van der Waals surface area contributed by atoms with Gasteiger partial charge in [-0.3, -0.25) is 0 Å². The zero-order chi connectivity index (χ0) is 15.2. The first-order valence-corrected chi connectivity index (χ1v) is 7.06. The molecule has 0 aromatic heterocycles. The van der Waals surface area contributed by atoms with Gasteiger partial charge in [-0.2, -0.15) is 0 Å². The first kappa shape index (κ1) is 17.7. The predicted octanol–water partition coefficient (Wildman–Crippen LogP) is 1.75. The highest BCUT2D eigenvalue weighted by Gasteiger charge is 1.95. The van der Waals surface area contributed by atoms with E-state index in [1.165, 1.54) is 0 Å². The Bertz CT molecular complexity index is 363. The van der Waals surface area contributed by atoms with Crippen LogP contribution in [-0.2, 0) is 14.2 Å². The summed E-state index contributed by atoms with van der Waals surface area (Å²) in [5.41, 5.74) is 1.07. The van der Waals surface area contributed by atoms with E-state index in [1.54, 1.807) is 6.08 Å². The normalized spacial score (nSPS) is 10.5. The van der Waals surface area contributed by atoms with Crippen LogP contribution in [0.5, 0.6) is 5.75 Å². The summed E-state index contributed by atoms with van der Waals surface area (Å²) in [6.07, 6.45) is 1.79. The van der Waals surface area contributed by atoms with Crippen molar-refractivity contribution in [2.24, 2.45) is 0 Å². The van der Waals surface area contributed by atoms with Crippen LogP contribution in [0, 0.1) is 0 Å². The molecule has 0 radical (unpaired) electrons. The highest BCUT2D eigenvalue weighted by Crippen LogP contribution is 2.12. The van der Waals surface area contributed by atoms with Gasteiger partial charge in [-0.25, -0.2) is 0 Å². The third-order valence-electron chi connectivity index (χ3n) is 2.59. The van der Waals surface area contributed by atoms with Gasteiger partial charge in [-0.05, 0) is 17.7 Å². The van der Waals surface area contributed by atoms with Crippen molar-refractivity contribution in [2.75, 3.05) is 52.9 Å². The number of aliphatic hydroxyl groups excluding tert-OH is 1. The number of rotatable bonds is 13. The smallest absolute Gasteiger partial charge is 0.119 e. The molecule has 1 aromatic carbocycles. The van der Waals surface area contributed by atoms with Crippen molar-refractivity contribution in [1.29, 1.82) is 0 Å². The van der Waals surface area contributed by atoms with Crippen molar-refractivity contribution in [3.05, 3.63) is 36.4 Å². The van der Waals surface area contributed by atoms with E-state index in [0.717, 1.165) is 11.3 Å². The van der Waals surface area contributed by atoms with Crippen molar-refractivity contribution < 1.29 is 24.1 Å². The van der Waals surface area contributed by atoms with Crippen molar-refractivity contribution in [2.45, 2.75) is 0 Å². The second-order valence-corrected chi connectivity index (χ2v) is 4.18. The third-order valence-corrected chi connectivity index (χ3v) is 2.59. The van der Waals surface area contributed by atoms with Crippen LogP contribution in [0.15, 0.2) is 30.8 Å². The molecule has 21 heavy (non-hydrogen) atoms. The third kappa shape index (κ3) is 9.20. The van der Waals surface area contributed by atoms with Crippen LogP contribution in [0.25, 0.3) is 6.08 Å². The molecule has 0 saturated carbocycles. The first-order chi connectivity index (χ1) is 10.4. The maximum atomic E-state index is 8.50. The Labute approximate surface area is 126 Å². The highest BCUT2D eigenvalue weighted by molar-refractivity contribution is 5.48. The average Bonchev–Trinajstić information content (AvgIpc) is 2.53. The lowest BCUT2D eigenvalue weighted by Crippen LogP contribution is -2.13. The molecule has 1 N–H and O–H groups in total. The number of aliphatic hydroxyl groups is 1. The SMILES string of the molecule is C=Cc1ccc(OCCOCCOCCOCCO)cc1. The second kappa shape index (κ2) is 12.3. The molecule has 0 unspecified atom stereocenters. The van der Waals surface area contributed by atoms with Crippen LogP contribution in [0.4, 0.5) is 0 Å². The summed E-state index contributed by atoms with van der Waals surface area (Å²) in [7, 11) is 0. The Morgan fingerprint density at radius 1 is 0.810 bits per heavy atom. The number of hydrogen-bond donors (Lipinski definition) is 1. The minimum Gasteiger partial charge on any atom is -0.491 e. The number of hydrogen-bond acceptors (Lipinski definition) is 5. The van der Waals surface area contributed by atoms with Crippen LogP contribution >= 0.6 is 0 Å². The number of ether oxygens (including phenoxy) is 4. The van der Waals surface area contributed by atoms with Crippen LogP contribution in [0.2, 0.25) is 0 Å². The Morgan fingerprint density at radius 2 is 1.33 bits per heavy atom. The van der Waals surface area contributed by atoms with Gasteiger partial charge in [0, 0.05) is 0 Å². The minimum absolute atomic E-state index is 0.0411. The summed E-state index contributed by atoms with van der Waals surface area (Å²) < 4.78 is 21.3. The number of benzene rings is 1. The largest absolute Gasteiger partial charge is 0.491 e. The van der Waals surface area contributed by atoms with Gasteiger partial charge < -0.3 is 24.1 Å². The molecule has 1 aromatic rings. The van der Waals surface area contributed by atoms with E-state index in [0.29, 0.717) is 46.2 Å². The van der Waals surface area contributed by atoms with Crippen molar-refractivity contribution >= 4 is 6.08 Å². The molecule has 0 amide bonds. The molecular weight excluding hydrogens is 272 g/mol. The van der Waals surface area contributed by atoms with Gasteiger partial charge in [-0.1, -0.05) is 24.8 Å². The van der Waals surface area contributed by atoms with Crippen molar-refractivity contribution in [3.63, 3.8) is 0 Å². The zero-order valence-electron chi connectivity index (χ0n) is 12.3. The molecule has 0 aliphatic carbocycles. The zero-order valence-corrected chi connectivity index (χ0v) is 12.3. The summed E-state index contributed by atoms with van der Waals surface area (Å²) in [5, 5.41) is 8.50. The predicted molar refractivity (Wildman–Crippen MR) is 81.6 cm³/mol. The van der Waals surface area contributed by atoms with E-state index in [-0.39, 0.29) is 6.61 Å². The first-order valence-electron chi connectivity index (χ1n) is 7.06. The molecule has 0 heterocycles. The Morgan fingerprint density at radius 3 is 1.86 bits per heavy atom. The summed E-state index contributed by atoms with van der Waals surface area (Å²) in [6, 6.07) is 7.73. The maximum absolute atomic E-state index is 8.50. The van der Waals surface area contributed by atoms with Crippen molar-refractivity contribution in [1.82, 2.24) is 0 Å². The fourth-order valence-electron chi connectivity index (χ4n) is 1.53. The fraction of sp³-hybridized carbons (Fsp3) is 0.500.